The van der Waals surface area contributed by atoms with Crippen LogP contribution in [0.25, 0.3) is 0 Å². The molecule has 0 saturated carbocycles. The minimum absolute atomic E-state index is 0.0229. The second kappa shape index (κ2) is 4.13. The van der Waals surface area contributed by atoms with E-state index in [1.807, 2.05) is 0 Å². The van der Waals surface area contributed by atoms with E-state index in [4.69, 9.17) is 0 Å². The number of rotatable bonds is 2. The first kappa shape index (κ1) is 10.6. The molecular weight excluding hydrogens is 289 g/mol. The number of benzene rings is 1. The zero-order valence-electron chi connectivity index (χ0n) is 7.27. The van der Waals surface area contributed by atoms with Gasteiger partial charge < -0.3 is 0 Å². The van der Waals surface area contributed by atoms with Crippen molar-refractivity contribution in [2.75, 3.05) is 4.93 Å². The fourth-order valence-electron chi connectivity index (χ4n) is 0.844. The third kappa shape index (κ3) is 2.46. The van der Waals surface area contributed by atoms with Crippen LogP contribution in [0.4, 0.5) is 8.78 Å². The van der Waals surface area contributed by atoms with Gasteiger partial charge in [0.05, 0.1) is 0 Å². The second-order valence-electron chi connectivity index (χ2n) is 2.50. The van der Waals surface area contributed by atoms with Crippen molar-refractivity contribution in [1.82, 2.24) is 0 Å². The molecule has 1 aromatic carbocycles. The number of hydrogen-bond donors (Lipinski definition) is 0. The Labute approximate surface area is 82.5 Å². The van der Waals surface area contributed by atoms with E-state index in [-0.39, 0.29) is 3.79 Å². The molecule has 0 aliphatic carbocycles. The summed E-state index contributed by atoms with van der Waals surface area (Å²) >= 11 is -2.05. The van der Waals surface area contributed by atoms with Crippen LogP contribution >= 0.6 is 19.8 Å². The average molecular weight is 298 g/mol. The van der Waals surface area contributed by atoms with Gasteiger partial charge in [0.15, 0.2) is 0 Å². The molecule has 4 heteroatoms. The third-order valence-electron chi connectivity index (χ3n) is 1.59. The molecule has 0 saturated heterocycles. The van der Waals surface area contributed by atoms with Crippen LogP contribution in [0.2, 0.25) is 0 Å². The fourth-order valence-corrected chi connectivity index (χ4v) is 3.31. The quantitative estimate of drug-likeness (QED) is 0.355. The van der Waals surface area contributed by atoms with Crippen molar-refractivity contribution in [3.63, 3.8) is 0 Å². The van der Waals surface area contributed by atoms with Gasteiger partial charge in [-0.2, -0.15) is 0 Å². The van der Waals surface area contributed by atoms with Crippen molar-refractivity contribution in [2.45, 2.75) is 6.92 Å². The molecule has 0 aliphatic rings. The Bertz CT molecular complexity index is 338. The molecule has 13 heavy (non-hydrogen) atoms. The summed E-state index contributed by atoms with van der Waals surface area (Å²) in [6, 6.07) is 3.39. The van der Waals surface area contributed by atoms with E-state index in [0.29, 0.717) is 3.57 Å². The summed E-state index contributed by atoms with van der Waals surface area (Å²) in [4.78, 5) is 12.7. The predicted molar refractivity (Wildman–Crippen MR) is 55.7 cm³/mol. The van der Waals surface area contributed by atoms with Gasteiger partial charge in [-0.05, 0) is 0 Å². The van der Waals surface area contributed by atoms with Crippen molar-refractivity contribution in [2.24, 2.45) is 0 Å². The average Bonchev–Trinajstić information content (AvgIpc) is 2.03. The summed E-state index contributed by atoms with van der Waals surface area (Å²) in [5, 5.41) is 0. The van der Waals surface area contributed by atoms with Crippen LogP contribution in [0.15, 0.2) is 18.2 Å². The molecule has 0 amide bonds. The molecule has 1 nitrogen and oxygen atoms in total. The molecule has 0 aromatic heterocycles. The van der Waals surface area contributed by atoms with E-state index in [2.05, 4.69) is 0 Å². The van der Waals surface area contributed by atoms with Gasteiger partial charge in [-0.25, -0.2) is 0 Å². The Morgan fingerprint density at radius 2 is 2.00 bits per heavy atom. The summed E-state index contributed by atoms with van der Waals surface area (Å²) in [6.45, 7) is 1.45. The number of carbonyl (C=O) groups is 1. The molecule has 0 bridgehead atoms. The molecule has 0 unspecified atom stereocenters. The molecule has 0 heterocycles. The Morgan fingerprint density at radius 3 is 2.46 bits per heavy atom. The zero-order chi connectivity index (χ0) is 10.0. The SMILES string of the molecule is CC(=O)I(C)c1ccc(F)cc1F. The van der Waals surface area contributed by atoms with Crippen LogP contribution in [0, 0.1) is 15.2 Å². The molecular formula is C9H9F2IO. The second-order valence-corrected chi connectivity index (χ2v) is 7.88. The van der Waals surface area contributed by atoms with Crippen LogP contribution in [0.1, 0.15) is 6.92 Å². The number of carbonyl (C=O) groups excluding carboxylic acids is 1. The van der Waals surface area contributed by atoms with Gasteiger partial charge in [-0.3, -0.25) is 0 Å². The molecule has 1 aromatic rings. The van der Waals surface area contributed by atoms with Crippen molar-refractivity contribution in [3.05, 3.63) is 33.4 Å². The monoisotopic (exact) mass is 298 g/mol. The minimum atomic E-state index is -2.05. The topological polar surface area (TPSA) is 17.1 Å². The van der Waals surface area contributed by atoms with Crippen molar-refractivity contribution in [3.8, 4) is 0 Å². The number of hydrogen-bond acceptors (Lipinski definition) is 1. The van der Waals surface area contributed by atoms with Crippen LogP contribution in [0.5, 0.6) is 0 Å². The summed E-state index contributed by atoms with van der Waals surface area (Å²) in [6.07, 6.45) is 0. The van der Waals surface area contributed by atoms with Crippen LogP contribution in [-0.4, -0.2) is 8.72 Å². The summed E-state index contributed by atoms with van der Waals surface area (Å²) in [5.41, 5.74) is 0. The maximum atomic E-state index is 13.1. The van der Waals surface area contributed by atoms with Crippen molar-refractivity contribution < 1.29 is 13.6 Å². The first-order chi connectivity index (χ1) is 6.02. The van der Waals surface area contributed by atoms with E-state index < -0.39 is 31.5 Å². The van der Waals surface area contributed by atoms with E-state index in [9.17, 15) is 13.6 Å². The van der Waals surface area contributed by atoms with Gasteiger partial charge in [-0.15, -0.1) is 0 Å². The van der Waals surface area contributed by atoms with Gasteiger partial charge in [0, 0.05) is 0 Å². The molecule has 0 spiro atoms. The van der Waals surface area contributed by atoms with Crippen LogP contribution in [0.3, 0.4) is 0 Å². The number of alkyl halides is 1. The molecule has 0 aliphatic heterocycles. The molecule has 0 fully saturated rings. The Hall–Kier alpha value is -0.520. The third-order valence-corrected chi connectivity index (χ3v) is 6.48. The standard InChI is InChI=1S/C9H9F2IO/c1-6(13)12(2)9-4-3-7(10)5-8(9)11/h3-5H,1-2H3. The first-order valence-corrected chi connectivity index (χ1v) is 7.89. The van der Waals surface area contributed by atoms with Gasteiger partial charge >= 0.3 is 82.4 Å². The Balaban J connectivity index is 3.08. The van der Waals surface area contributed by atoms with Gasteiger partial charge in [0.25, 0.3) is 0 Å². The van der Waals surface area contributed by atoms with Gasteiger partial charge in [0.1, 0.15) is 0 Å². The molecule has 1 rings (SSSR count). The van der Waals surface area contributed by atoms with E-state index in [1.165, 1.54) is 19.1 Å². The van der Waals surface area contributed by atoms with Gasteiger partial charge in [-0.1, -0.05) is 0 Å². The zero-order valence-corrected chi connectivity index (χ0v) is 9.43. The van der Waals surface area contributed by atoms with Crippen molar-refractivity contribution in [1.29, 1.82) is 0 Å². The Morgan fingerprint density at radius 1 is 1.38 bits per heavy atom. The van der Waals surface area contributed by atoms with Gasteiger partial charge in [0.2, 0.25) is 0 Å². The predicted octanol–water partition coefficient (Wildman–Crippen LogP) is 2.82. The normalized spacial score (nSPS) is 11.2. The van der Waals surface area contributed by atoms with Crippen molar-refractivity contribution >= 4 is 23.6 Å². The Kier molecular flexibility index (Phi) is 3.35. The summed E-state index contributed by atoms with van der Waals surface area (Å²) in [7, 11) is 0. The maximum absolute atomic E-state index is 13.1. The van der Waals surface area contributed by atoms with E-state index in [1.54, 1.807) is 4.93 Å². The summed E-state index contributed by atoms with van der Waals surface area (Å²) in [5.74, 6) is -1.20. The van der Waals surface area contributed by atoms with E-state index >= 15 is 0 Å². The molecule has 72 valence electrons. The van der Waals surface area contributed by atoms with Crippen LogP contribution in [-0.2, 0) is 4.79 Å². The molecule has 0 N–H and O–H groups in total. The molecule has 0 radical (unpaired) electrons. The van der Waals surface area contributed by atoms with E-state index in [0.717, 1.165) is 6.07 Å². The fraction of sp³-hybridized carbons (Fsp3) is 0.222. The van der Waals surface area contributed by atoms with Crippen LogP contribution < -0.4 is 0 Å². The molecule has 0 atom stereocenters. The number of halogens is 3. The summed E-state index contributed by atoms with van der Waals surface area (Å²) < 4.78 is 26.0. The first-order valence-electron chi connectivity index (χ1n) is 3.58.